The Hall–Kier alpha value is -2.70. The highest BCUT2D eigenvalue weighted by molar-refractivity contribution is 5.90. The van der Waals surface area contributed by atoms with Crippen molar-refractivity contribution in [1.82, 2.24) is 5.16 Å². The lowest BCUT2D eigenvalue weighted by molar-refractivity contribution is -0.384. The fourth-order valence-electron chi connectivity index (χ4n) is 3.08. The minimum absolute atomic E-state index is 0.0222. The van der Waals surface area contributed by atoms with E-state index in [4.69, 9.17) is 9.26 Å². The Morgan fingerprint density at radius 2 is 2.29 bits per heavy atom. The van der Waals surface area contributed by atoms with Crippen molar-refractivity contribution in [3.05, 3.63) is 57.5 Å². The van der Waals surface area contributed by atoms with Gasteiger partial charge in [-0.3, -0.25) is 10.1 Å². The van der Waals surface area contributed by atoms with Crippen molar-refractivity contribution < 1.29 is 19.0 Å². The maximum Gasteiger partial charge on any atom is 0.343 e. The second kappa shape index (κ2) is 6.82. The van der Waals surface area contributed by atoms with E-state index in [1.54, 1.807) is 19.1 Å². The SMILES string of the molecule is CCOC(=O)c1cnoc1C(c1cccc([N+](=O)[O-])c1)C1CCC1. The van der Waals surface area contributed by atoms with Gasteiger partial charge in [-0.1, -0.05) is 23.7 Å². The Balaban J connectivity index is 2.02. The van der Waals surface area contributed by atoms with Crippen LogP contribution in [0.15, 0.2) is 35.0 Å². The number of benzene rings is 1. The van der Waals surface area contributed by atoms with Gasteiger partial charge in [-0.25, -0.2) is 4.79 Å². The zero-order chi connectivity index (χ0) is 17.1. The number of nitro groups is 1. The quantitative estimate of drug-likeness (QED) is 0.455. The van der Waals surface area contributed by atoms with E-state index >= 15 is 0 Å². The number of carbonyl (C=O) groups excluding carboxylic acids is 1. The first kappa shape index (κ1) is 16.2. The smallest absolute Gasteiger partial charge is 0.343 e. The third kappa shape index (κ3) is 3.02. The molecule has 0 bridgehead atoms. The van der Waals surface area contributed by atoms with Gasteiger partial charge in [0.15, 0.2) is 5.76 Å². The molecule has 1 aliphatic rings. The number of rotatable bonds is 6. The van der Waals surface area contributed by atoms with Crippen molar-refractivity contribution in [3.8, 4) is 0 Å². The first-order valence-electron chi connectivity index (χ1n) is 7.97. The zero-order valence-electron chi connectivity index (χ0n) is 13.3. The van der Waals surface area contributed by atoms with Crippen LogP contribution in [0.25, 0.3) is 0 Å². The van der Waals surface area contributed by atoms with Crippen LogP contribution in [0.5, 0.6) is 0 Å². The van der Waals surface area contributed by atoms with Crippen LogP contribution in [0.4, 0.5) is 5.69 Å². The van der Waals surface area contributed by atoms with Crippen LogP contribution in [0.2, 0.25) is 0 Å². The third-order valence-electron chi connectivity index (χ3n) is 4.44. The van der Waals surface area contributed by atoms with Crippen molar-refractivity contribution in [2.24, 2.45) is 5.92 Å². The molecular formula is C17H18N2O5. The summed E-state index contributed by atoms with van der Waals surface area (Å²) in [5, 5.41) is 14.8. The van der Waals surface area contributed by atoms with Gasteiger partial charge in [-0.05, 0) is 31.2 Å². The molecule has 2 aromatic rings. The van der Waals surface area contributed by atoms with Crippen LogP contribution < -0.4 is 0 Å². The summed E-state index contributed by atoms with van der Waals surface area (Å²) in [6.45, 7) is 1.99. The van der Waals surface area contributed by atoms with Gasteiger partial charge in [0.05, 0.1) is 17.7 Å². The van der Waals surface area contributed by atoms with Crippen LogP contribution in [0.3, 0.4) is 0 Å². The van der Waals surface area contributed by atoms with E-state index in [1.165, 1.54) is 12.3 Å². The minimum atomic E-state index is -0.483. The molecule has 1 aromatic heterocycles. The average Bonchev–Trinajstić information content (AvgIpc) is 3.00. The minimum Gasteiger partial charge on any atom is -0.462 e. The molecule has 3 rings (SSSR count). The number of esters is 1. The van der Waals surface area contributed by atoms with Crippen LogP contribution in [-0.2, 0) is 4.74 Å². The summed E-state index contributed by atoms with van der Waals surface area (Å²) < 4.78 is 10.4. The summed E-state index contributed by atoms with van der Waals surface area (Å²) in [6, 6.07) is 6.47. The normalized spacial score (nSPS) is 15.5. The second-order valence-electron chi connectivity index (χ2n) is 5.84. The molecule has 0 N–H and O–H groups in total. The van der Waals surface area contributed by atoms with Gasteiger partial charge in [-0.2, -0.15) is 0 Å². The molecule has 1 unspecified atom stereocenters. The molecule has 1 atom stereocenters. The summed E-state index contributed by atoms with van der Waals surface area (Å²) in [7, 11) is 0. The molecule has 7 nitrogen and oxygen atoms in total. The Morgan fingerprint density at radius 1 is 1.50 bits per heavy atom. The van der Waals surface area contributed by atoms with E-state index in [0.717, 1.165) is 24.8 Å². The van der Waals surface area contributed by atoms with E-state index in [2.05, 4.69) is 5.16 Å². The Morgan fingerprint density at radius 3 is 2.92 bits per heavy atom. The van der Waals surface area contributed by atoms with Crippen molar-refractivity contribution in [2.45, 2.75) is 32.1 Å². The first-order valence-corrected chi connectivity index (χ1v) is 7.97. The van der Waals surface area contributed by atoms with Crippen molar-refractivity contribution in [2.75, 3.05) is 6.61 Å². The second-order valence-corrected chi connectivity index (χ2v) is 5.84. The molecule has 24 heavy (non-hydrogen) atoms. The summed E-state index contributed by atoms with van der Waals surface area (Å²) in [4.78, 5) is 22.8. The molecule has 0 saturated heterocycles. The van der Waals surface area contributed by atoms with Gasteiger partial charge in [0.25, 0.3) is 5.69 Å². The molecule has 7 heteroatoms. The first-order chi connectivity index (χ1) is 11.6. The maximum atomic E-state index is 12.1. The summed E-state index contributed by atoms with van der Waals surface area (Å²) >= 11 is 0. The maximum absolute atomic E-state index is 12.1. The molecular weight excluding hydrogens is 312 g/mol. The molecule has 1 aliphatic carbocycles. The molecule has 1 heterocycles. The zero-order valence-corrected chi connectivity index (χ0v) is 13.3. The number of hydrogen-bond acceptors (Lipinski definition) is 6. The van der Waals surface area contributed by atoms with Crippen molar-refractivity contribution in [1.29, 1.82) is 0 Å². The van der Waals surface area contributed by atoms with Crippen LogP contribution in [0, 0.1) is 16.0 Å². The molecule has 0 amide bonds. The number of carbonyl (C=O) groups is 1. The largest absolute Gasteiger partial charge is 0.462 e. The van der Waals surface area contributed by atoms with Gasteiger partial charge >= 0.3 is 5.97 Å². The van der Waals surface area contributed by atoms with E-state index < -0.39 is 10.9 Å². The lowest BCUT2D eigenvalue weighted by Gasteiger charge is -2.32. The third-order valence-corrected chi connectivity index (χ3v) is 4.44. The van der Waals surface area contributed by atoms with Gasteiger partial charge < -0.3 is 9.26 Å². The predicted octanol–water partition coefficient (Wildman–Crippen LogP) is 3.69. The Labute approximate surface area is 138 Å². The van der Waals surface area contributed by atoms with Crippen molar-refractivity contribution >= 4 is 11.7 Å². The Bertz CT molecular complexity index is 751. The fourth-order valence-corrected chi connectivity index (χ4v) is 3.08. The lowest BCUT2D eigenvalue weighted by Crippen LogP contribution is -2.23. The molecule has 1 aromatic carbocycles. The highest BCUT2D eigenvalue weighted by Gasteiger charge is 2.36. The number of nitro benzene ring substituents is 1. The molecule has 0 aliphatic heterocycles. The van der Waals surface area contributed by atoms with Crippen LogP contribution >= 0.6 is 0 Å². The van der Waals surface area contributed by atoms with E-state index in [0.29, 0.717) is 11.3 Å². The van der Waals surface area contributed by atoms with Gasteiger partial charge in [0.1, 0.15) is 5.56 Å². The number of hydrogen-bond donors (Lipinski definition) is 0. The van der Waals surface area contributed by atoms with Crippen molar-refractivity contribution in [3.63, 3.8) is 0 Å². The Kier molecular flexibility index (Phi) is 4.59. The highest BCUT2D eigenvalue weighted by Crippen LogP contribution is 2.44. The van der Waals surface area contributed by atoms with E-state index in [-0.39, 0.29) is 24.1 Å². The number of nitrogens with zero attached hydrogens (tertiary/aromatic N) is 2. The van der Waals surface area contributed by atoms with E-state index in [9.17, 15) is 14.9 Å². The predicted molar refractivity (Wildman–Crippen MR) is 84.7 cm³/mol. The average molecular weight is 330 g/mol. The van der Waals surface area contributed by atoms with Gasteiger partial charge in [-0.15, -0.1) is 0 Å². The van der Waals surface area contributed by atoms with E-state index in [1.807, 2.05) is 6.07 Å². The van der Waals surface area contributed by atoms with Crippen LogP contribution in [-0.4, -0.2) is 22.7 Å². The molecule has 1 fully saturated rings. The molecule has 0 spiro atoms. The van der Waals surface area contributed by atoms with Gasteiger partial charge in [0.2, 0.25) is 0 Å². The highest BCUT2D eigenvalue weighted by atomic mass is 16.6. The molecule has 1 saturated carbocycles. The number of non-ortho nitro benzene ring substituents is 1. The molecule has 126 valence electrons. The van der Waals surface area contributed by atoms with Gasteiger partial charge in [0, 0.05) is 18.1 Å². The molecule has 0 radical (unpaired) electrons. The monoisotopic (exact) mass is 330 g/mol. The standard InChI is InChI=1S/C17H18N2O5/c1-2-23-17(20)14-10-18-24-16(14)15(11-5-3-6-11)12-7-4-8-13(9-12)19(21)22/h4,7-11,15H,2-3,5-6H2,1H3. The summed E-state index contributed by atoms with van der Waals surface area (Å²) in [5.74, 6) is -0.0177. The lowest BCUT2D eigenvalue weighted by atomic mass is 9.71. The topological polar surface area (TPSA) is 95.5 Å². The van der Waals surface area contributed by atoms with Crippen LogP contribution in [0.1, 0.15) is 53.8 Å². The fraction of sp³-hybridized carbons (Fsp3) is 0.412. The summed E-state index contributed by atoms with van der Waals surface area (Å²) in [6.07, 6.45) is 4.42. The number of aromatic nitrogens is 1. The number of ether oxygens (including phenoxy) is 1. The summed E-state index contributed by atoms with van der Waals surface area (Å²) in [5.41, 5.74) is 1.07.